The van der Waals surface area contributed by atoms with E-state index in [1.807, 2.05) is 18.2 Å². The number of nitriles is 1. The van der Waals surface area contributed by atoms with Crippen LogP contribution in [0.5, 0.6) is 5.75 Å². The minimum atomic E-state index is -0.226. The maximum absolute atomic E-state index is 12.4. The highest BCUT2D eigenvalue weighted by Crippen LogP contribution is 2.40. The molecule has 6 nitrogen and oxygen atoms in total. The molecule has 0 aliphatic rings. The Balaban J connectivity index is 2.01. The SMILES string of the molecule is CC(C)(C)c1cc(CCC(=O)NCCNc2c(Cl)c(Cl)nc(Cl)c2C#N)cc(C(C)(C)C)c1O. The Morgan fingerprint density at radius 2 is 1.59 bits per heavy atom. The summed E-state index contributed by atoms with van der Waals surface area (Å²) in [5.41, 5.74) is 2.69. The fourth-order valence-corrected chi connectivity index (χ4v) is 4.14. The van der Waals surface area contributed by atoms with Gasteiger partial charge in [-0.2, -0.15) is 5.26 Å². The Labute approximate surface area is 216 Å². The Kier molecular flexibility index (Phi) is 9.10. The highest BCUT2D eigenvalue weighted by molar-refractivity contribution is 6.44. The first kappa shape index (κ1) is 28.0. The van der Waals surface area contributed by atoms with E-state index >= 15 is 0 Å². The molecule has 0 fully saturated rings. The van der Waals surface area contributed by atoms with Crippen molar-refractivity contribution in [3.63, 3.8) is 0 Å². The minimum absolute atomic E-state index is 0.00430. The summed E-state index contributed by atoms with van der Waals surface area (Å²) in [5, 5.41) is 26.0. The molecule has 0 spiro atoms. The summed E-state index contributed by atoms with van der Waals surface area (Å²) in [6.07, 6.45) is 0.848. The van der Waals surface area contributed by atoms with Gasteiger partial charge in [0.15, 0.2) is 10.3 Å². The predicted octanol–water partition coefficient (Wildman–Crippen LogP) is 6.37. The summed E-state index contributed by atoms with van der Waals surface area (Å²) in [4.78, 5) is 16.3. The van der Waals surface area contributed by atoms with E-state index in [-0.39, 0.29) is 43.3 Å². The lowest BCUT2D eigenvalue weighted by Gasteiger charge is -2.28. The predicted molar refractivity (Wildman–Crippen MR) is 139 cm³/mol. The first-order valence-electron chi connectivity index (χ1n) is 11.0. The lowest BCUT2D eigenvalue weighted by atomic mass is 9.78. The first-order valence-corrected chi connectivity index (χ1v) is 12.1. The van der Waals surface area contributed by atoms with Crippen LogP contribution < -0.4 is 10.6 Å². The Morgan fingerprint density at radius 3 is 2.09 bits per heavy atom. The molecule has 34 heavy (non-hydrogen) atoms. The Bertz CT molecular complexity index is 1080. The van der Waals surface area contributed by atoms with Crippen molar-refractivity contribution in [1.29, 1.82) is 5.26 Å². The number of phenolic OH excluding ortho intramolecular Hbond substituents is 1. The van der Waals surface area contributed by atoms with Crippen LogP contribution in [-0.2, 0) is 22.0 Å². The number of aromatic hydroxyl groups is 1. The van der Waals surface area contributed by atoms with Crippen molar-refractivity contribution in [2.24, 2.45) is 0 Å². The maximum atomic E-state index is 12.4. The van der Waals surface area contributed by atoms with Crippen LogP contribution in [-0.4, -0.2) is 29.1 Å². The molecule has 0 bridgehead atoms. The van der Waals surface area contributed by atoms with Crippen LogP contribution in [0.25, 0.3) is 0 Å². The van der Waals surface area contributed by atoms with Gasteiger partial charge in [0.05, 0.1) is 5.69 Å². The molecule has 0 aliphatic heterocycles. The molecule has 9 heteroatoms. The number of carbonyl (C=O) groups excluding carboxylic acids is 1. The van der Waals surface area contributed by atoms with Gasteiger partial charge < -0.3 is 15.7 Å². The molecule has 184 valence electrons. The van der Waals surface area contributed by atoms with E-state index in [9.17, 15) is 15.2 Å². The number of rotatable bonds is 7. The number of hydrogen-bond donors (Lipinski definition) is 3. The fourth-order valence-electron chi connectivity index (χ4n) is 3.49. The number of phenols is 1. The molecule has 1 amide bonds. The van der Waals surface area contributed by atoms with Crippen molar-refractivity contribution in [2.75, 3.05) is 18.4 Å². The summed E-state index contributed by atoms with van der Waals surface area (Å²) in [6, 6.07) is 5.92. The molecular formula is C25H31Cl3N4O2. The average Bonchev–Trinajstić information content (AvgIpc) is 2.71. The number of aromatic nitrogens is 1. The van der Waals surface area contributed by atoms with E-state index in [0.717, 1.165) is 16.7 Å². The average molecular weight is 526 g/mol. The second kappa shape index (κ2) is 11.0. The molecule has 0 saturated carbocycles. The van der Waals surface area contributed by atoms with E-state index in [1.165, 1.54) is 0 Å². The summed E-state index contributed by atoms with van der Waals surface area (Å²) in [6.45, 7) is 13.0. The van der Waals surface area contributed by atoms with Crippen LogP contribution in [0.15, 0.2) is 12.1 Å². The molecular weight excluding hydrogens is 495 g/mol. The highest BCUT2D eigenvalue weighted by Gasteiger charge is 2.26. The monoisotopic (exact) mass is 524 g/mol. The minimum Gasteiger partial charge on any atom is -0.507 e. The van der Waals surface area contributed by atoms with Crippen molar-refractivity contribution in [2.45, 2.75) is 65.2 Å². The zero-order chi connectivity index (χ0) is 25.8. The lowest BCUT2D eigenvalue weighted by Crippen LogP contribution is -2.29. The third kappa shape index (κ3) is 6.91. The van der Waals surface area contributed by atoms with Crippen LogP contribution in [0.3, 0.4) is 0 Å². The Hall–Kier alpha value is -2.20. The lowest BCUT2D eigenvalue weighted by molar-refractivity contribution is -0.120. The number of anilines is 1. The van der Waals surface area contributed by atoms with Crippen molar-refractivity contribution < 1.29 is 9.90 Å². The van der Waals surface area contributed by atoms with Gasteiger partial charge in [-0.3, -0.25) is 4.79 Å². The van der Waals surface area contributed by atoms with Crippen molar-refractivity contribution >= 4 is 46.4 Å². The summed E-state index contributed by atoms with van der Waals surface area (Å²) < 4.78 is 0. The largest absolute Gasteiger partial charge is 0.507 e. The quantitative estimate of drug-likeness (QED) is 0.288. The smallest absolute Gasteiger partial charge is 0.220 e. The molecule has 1 aromatic heterocycles. The number of carbonyl (C=O) groups is 1. The van der Waals surface area contributed by atoms with Gasteiger partial charge in [-0.15, -0.1) is 0 Å². The normalized spacial score (nSPS) is 11.8. The molecule has 0 saturated heterocycles. The second-order valence-corrected chi connectivity index (χ2v) is 11.3. The molecule has 2 rings (SSSR count). The number of nitrogens with one attached hydrogen (secondary N) is 2. The van der Waals surface area contributed by atoms with Gasteiger partial charge in [-0.25, -0.2) is 4.98 Å². The zero-order valence-electron chi connectivity index (χ0n) is 20.4. The summed E-state index contributed by atoms with van der Waals surface area (Å²) in [5.74, 6) is 0.216. The van der Waals surface area contributed by atoms with Crippen LogP contribution in [0, 0.1) is 11.3 Å². The number of amides is 1. The number of benzene rings is 1. The van der Waals surface area contributed by atoms with Gasteiger partial charge in [0.2, 0.25) is 5.91 Å². The molecule has 3 N–H and O–H groups in total. The van der Waals surface area contributed by atoms with Crippen LogP contribution in [0.4, 0.5) is 5.69 Å². The molecule has 1 heterocycles. The summed E-state index contributed by atoms with van der Waals surface area (Å²) in [7, 11) is 0. The van der Waals surface area contributed by atoms with Crippen molar-refractivity contribution in [1.82, 2.24) is 10.3 Å². The van der Waals surface area contributed by atoms with Gasteiger partial charge >= 0.3 is 0 Å². The number of pyridine rings is 1. The van der Waals surface area contributed by atoms with Gasteiger partial charge in [-0.05, 0) is 33.9 Å². The van der Waals surface area contributed by atoms with Crippen molar-refractivity contribution in [3.05, 3.63) is 49.7 Å². The van der Waals surface area contributed by atoms with E-state index in [4.69, 9.17) is 34.8 Å². The highest BCUT2D eigenvalue weighted by atomic mass is 35.5. The number of nitrogens with zero attached hydrogens (tertiary/aromatic N) is 2. The molecule has 0 unspecified atom stereocenters. The molecule has 0 aliphatic carbocycles. The van der Waals surface area contributed by atoms with E-state index < -0.39 is 0 Å². The van der Waals surface area contributed by atoms with E-state index in [0.29, 0.717) is 31.7 Å². The van der Waals surface area contributed by atoms with Gasteiger partial charge in [0, 0.05) is 19.5 Å². The number of aryl methyl sites for hydroxylation is 1. The second-order valence-electron chi connectivity index (χ2n) is 10.2. The zero-order valence-corrected chi connectivity index (χ0v) is 22.6. The van der Waals surface area contributed by atoms with Gasteiger partial charge in [0.1, 0.15) is 22.4 Å². The summed E-state index contributed by atoms with van der Waals surface area (Å²) >= 11 is 18.0. The van der Waals surface area contributed by atoms with Crippen LogP contribution in [0.2, 0.25) is 15.3 Å². The van der Waals surface area contributed by atoms with Gasteiger partial charge in [-0.1, -0.05) is 88.5 Å². The number of halogens is 3. The Morgan fingerprint density at radius 1 is 1.03 bits per heavy atom. The van der Waals surface area contributed by atoms with Crippen LogP contribution >= 0.6 is 34.8 Å². The topological polar surface area (TPSA) is 98.0 Å². The molecule has 0 atom stereocenters. The van der Waals surface area contributed by atoms with E-state index in [2.05, 4.69) is 57.2 Å². The van der Waals surface area contributed by atoms with Crippen molar-refractivity contribution in [3.8, 4) is 11.8 Å². The number of hydrogen-bond acceptors (Lipinski definition) is 5. The third-order valence-electron chi connectivity index (χ3n) is 5.34. The standard InChI is InChI=1S/C25H31Cl3N4O2/c1-24(2,3)16-11-14(12-17(21(16)34)25(4,5)6)7-8-18(33)30-9-10-31-20-15(13-29)22(27)32-23(28)19(20)26/h11-12,34H,7-10H2,1-6H3,(H,30,33)(H,31,32). The van der Waals surface area contributed by atoms with Gasteiger partial charge in [0.25, 0.3) is 0 Å². The maximum Gasteiger partial charge on any atom is 0.220 e. The molecule has 1 aromatic carbocycles. The third-order valence-corrected chi connectivity index (χ3v) is 6.35. The fraction of sp³-hybridized carbons (Fsp3) is 0.480. The van der Waals surface area contributed by atoms with E-state index in [1.54, 1.807) is 0 Å². The molecule has 2 aromatic rings. The van der Waals surface area contributed by atoms with Crippen LogP contribution in [0.1, 0.15) is 70.2 Å². The molecule has 0 radical (unpaired) electrons. The first-order chi connectivity index (χ1) is 15.7.